The van der Waals surface area contributed by atoms with E-state index in [0.717, 1.165) is 5.75 Å². The fourth-order valence-corrected chi connectivity index (χ4v) is 5.30. The van der Waals surface area contributed by atoms with Crippen LogP contribution in [-0.2, 0) is 10.8 Å². The van der Waals surface area contributed by atoms with Gasteiger partial charge in [-0.05, 0) is 77.5 Å². The highest BCUT2D eigenvalue weighted by Crippen LogP contribution is 2.47. The summed E-state index contributed by atoms with van der Waals surface area (Å²) in [5.74, 6) is 0.338. The van der Waals surface area contributed by atoms with Crippen LogP contribution in [0.15, 0.2) is 42.5 Å². The molecule has 4 rings (SSSR count). The van der Waals surface area contributed by atoms with Crippen LogP contribution in [0.5, 0.6) is 5.75 Å². The maximum Gasteiger partial charge on any atom is 0.335 e. The Kier molecular flexibility index (Phi) is 5.42. The lowest BCUT2D eigenvalue weighted by Crippen LogP contribution is -2.34. The van der Waals surface area contributed by atoms with E-state index in [9.17, 15) is 9.90 Å². The third kappa shape index (κ3) is 3.99. The Morgan fingerprint density at radius 3 is 2.13 bits per heavy atom. The molecule has 2 aromatic rings. The predicted molar refractivity (Wildman–Crippen MR) is 120 cm³/mol. The normalized spacial score (nSPS) is 21.1. The second-order valence-electron chi connectivity index (χ2n) is 10.5. The zero-order valence-corrected chi connectivity index (χ0v) is 18.7. The summed E-state index contributed by atoms with van der Waals surface area (Å²) in [6, 6.07) is 13.9. The van der Waals surface area contributed by atoms with Gasteiger partial charge in [-0.15, -0.1) is 0 Å². The fraction of sp³-hybridized carbons (Fsp3) is 0.519. The van der Waals surface area contributed by atoms with Crippen LogP contribution in [0.25, 0.3) is 0 Å². The molecule has 2 aromatic carbocycles. The van der Waals surface area contributed by atoms with Crippen LogP contribution in [0.1, 0.15) is 99.4 Å². The number of benzene rings is 2. The highest BCUT2D eigenvalue weighted by Gasteiger charge is 2.38. The maximum atomic E-state index is 11.2. The topological polar surface area (TPSA) is 46.5 Å². The largest absolute Gasteiger partial charge is 0.485 e. The van der Waals surface area contributed by atoms with Crippen molar-refractivity contribution in [3.05, 3.63) is 64.7 Å². The van der Waals surface area contributed by atoms with Crippen molar-refractivity contribution in [2.24, 2.45) is 5.92 Å². The Hall–Kier alpha value is -2.29. The molecule has 3 nitrogen and oxygen atoms in total. The summed E-state index contributed by atoms with van der Waals surface area (Å²) >= 11 is 0. The first kappa shape index (κ1) is 21.0. The zero-order chi connectivity index (χ0) is 21.5. The van der Waals surface area contributed by atoms with Crippen LogP contribution in [-0.4, -0.2) is 11.1 Å². The number of hydrogen-bond acceptors (Lipinski definition) is 2. The third-order valence-corrected chi connectivity index (χ3v) is 7.40. The Morgan fingerprint density at radius 2 is 1.53 bits per heavy atom. The van der Waals surface area contributed by atoms with E-state index in [4.69, 9.17) is 4.74 Å². The van der Waals surface area contributed by atoms with E-state index in [1.54, 1.807) is 24.3 Å². The van der Waals surface area contributed by atoms with Crippen molar-refractivity contribution in [2.75, 3.05) is 0 Å². The van der Waals surface area contributed by atoms with Crippen LogP contribution in [0, 0.1) is 5.92 Å². The summed E-state index contributed by atoms with van der Waals surface area (Å²) < 4.78 is 6.54. The van der Waals surface area contributed by atoms with Gasteiger partial charge in [0.05, 0.1) is 5.56 Å². The minimum atomic E-state index is -0.909. The number of fused-ring (bicyclic) bond motifs is 1. The molecule has 160 valence electrons. The van der Waals surface area contributed by atoms with Gasteiger partial charge in [-0.3, -0.25) is 0 Å². The lowest BCUT2D eigenvalue weighted by atomic mass is 9.63. The van der Waals surface area contributed by atoms with Gasteiger partial charge >= 0.3 is 5.97 Å². The van der Waals surface area contributed by atoms with Gasteiger partial charge in [-0.2, -0.15) is 0 Å². The Labute approximate surface area is 180 Å². The first-order chi connectivity index (χ1) is 14.2. The number of rotatable bonds is 5. The highest BCUT2D eigenvalue weighted by molar-refractivity contribution is 5.87. The smallest absolute Gasteiger partial charge is 0.335 e. The van der Waals surface area contributed by atoms with Crippen molar-refractivity contribution >= 4 is 5.97 Å². The molecule has 0 saturated heterocycles. The number of carboxylic acid groups (broad SMARTS) is 1. The van der Waals surface area contributed by atoms with E-state index < -0.39 is 5.97 Å². The van der Waals surface area contributed by atoms with Crippen molar-refractivity contribution in [3.63, 3.8) is 0 Å². The first-order valence-corrected chi connectivity index (χ1v) is 11.3. The molecule has 2 aliphatic rings. The molecule has 0 amide bonds. The zero-order valence-electron chi connectivity index (χ0n) is 18.7. The van der Waals surface area contributed by atoms with Gasteiger partial charge in [0.25, 0.3) is 0 Å². The van der Waals surface area contributed by atoms with Crippen LogP contribution < -0.4 is 4.74 Å². The number of carbonyl (C=O) groups is 1. The summed E-state index contributed by atoms with van der Waals surface area (Å²) in [6.45, 7) is 9.44. The van der Waals surface area contributed by atoms with E-state index in [1.807, 2.05) is 0 Å². The van der Waals surface area contributed by atoms with Gasteiger partial charge in [0, 0.05) is 5.92 Å². The molecule has 0 aromatic heterocycles. The molecule has 2 aliphatic carbocycles. The molecular formula is C27H34O3. The summed E-state index contributed by atoms with van der Waals surface area (Å²) in [6.07, 6.45) is 7.30. The van der Waals surface area contributed by atoms with E-state index in [2.05, 4.69) is 45.9 Å². The van der Waals surface area contributed by atoms with E-state index in [-0.39, 0.29) is 22.5 Å². The number of hydrogen-bond donors (Lipinski definition) is 1. The van der Waals surface area contributed by atoms with Crippen molar-refractivity contribution < 1.29 is 14.6 Å². The summed E-state index contributed by atoms with van der Waals surface area (Å²) in [4.78, 5) is 11.2. The Morgan fingerprint density at radius 1 is 0.933 bits per heavy atom. The van der Waals surface area contributed by atoms with Crippen LogP contribution in [0.3, 0.4) is 0 Å². The van der Waals surface area contributed by atoms with Crippen molar-refractivity contribution in [3.8, 4) is 5.75 Å². The number of carboxylic acids is 1. The van der Waals surface area contributed by atoms with Crippen molar-refractivity contribution in [1.29, 1.82) is 0 Å². The molecular weight excluding hydrogens is 372 g/mol. The van der Waals surface area contributed by atoms with Gasteiger partial charge in [0.2, 0.25) is 0 Å². The van der Waals surface area contributed by atoms with Crippen LogP contribution >= 0.6 is 0 Å². The minimum absolute atomic E-state index is 0.00863. The standard InChI is InChI=1S/C27H34O3/c1-26(2)15-16-27(3,4)23-17-20(11-14-22(23)26)24(18-7-5-6-8-18)30-21-12-9-19(10-13-21)25(28)29/h9-14,17-18,24H,5-8,15-16H2,1-4H3,(H,28,29). The molecule has 1 fully saturated rings. The van der Waals surface area contributed by atoms with Crippen LogP contribution in [0.4, 0.5) is 0 Å². The van der Waals surface area contributed by atoms with Gasteiger partial charge in [0.15, 0.2) is 0 Å². The van der Waals surface area contributed by atoms with Gasteiger partial charge in [-0.1, -0.05) is 58.7 Å². The van der Waals surface area contributed by atoms with Crippen molar-refractivity contribution in [1.82, 2.24) is 0 Å². The third-order valence-electron chi connectivity index (χ3n) is 7.40. The second-order valence-corrected chi connectivity index (χ2v) is 10.5. The van der Waals surface area contributed by atoms with E-state index in [1.165, 1.54) is 55.2 Å². The molecule has 1 saturated carbocycles. The van der Waals surface area contributed by atoms with Crippen molar-refractivity contribution in [2.45, 2.75) is 83.2 Å². The SMILES string of the molecule is CC1(C)CCC(C)(C)c2cc(C(Oc3ccc(C(=O)O)cc3)C3CCCC3)ccc21. The Bertz CT molecular complexity index is 918. The molecule has 0 aliphatic heterocycles. The minimum Gasteiger partial charge on any atom is -0.485 e. The quantitative estimate of drug-likeness (QED) is 0.579. The molecule has 0 bridgehead atoms. The second kappa shape index (κ2) is 7.76. The molecule has 1 atom stereocenters. The first-order valence-electron chi connectivity index (χ1n) is 11.3. The number of aromatic carboxylic acids is 1. The van der Waals surface area contributed by atoms with Gasteiger partial charge < -0.3 is 9.84 Å². The maximum absolute atomic E-state index is 11.2. The average molecular weight is 407 g/mol. The van der Waals surface area contributed by atoms with Gasteiger partial charge in [0.1, 0.15) is 11.9 Å². The molecule has 1 N–H and O–H groups in total. The highest BCUT2D eigenvalue weighted by atomic mass is 16.5. The average Bonchev–Trinajstić information content (AvgIpc) is 3.24. The van der Waals surface area contributed by atoms with Crippen LogP contribution in [0.2, 0.25) is 0 Å². The molecule has 0 radical (unpaired) electrons. The monoisotopic (exact) mass is 406 g/mol. The predicted octanol–water partition coefficient (Wildman–Crippen LogP) is 7.04. The Balaban J connectivity index is 1.70. The molecule has 30 heavy (non-hydrogen) atoms. The fourth-order valence-electron chi connectivity index (χ4n) is 5.30. The summed E-state index contributed by atoms with van der Waals surface area (Å²) in [5, 5.41) is 9.17. The molecule has 0 heterocycles. The van der Waals surface area contributed by atoms with Gasteiger partial charge in [-0.25, -0.2) is 4.79 Å². The van der Waals surface area contributed by atoms with E-state index >= 15 is 0 Å². The number of ether oxygens (including phenoxy) is 1. The lowest BCUT2D eigenvalue weighted by molar-refractivity contribution is 0.0696. The summed E-state index contributed by atoms with van der Waals surface area (Å²) in [5.41, 5.74) is 4.86. The lowest BCUT2D eigenvalue weighted by Gasteiger charge is -2.42. The molecule has 0 spiro atoms. The van der Waals surface area contributed by atoms with E-state index in [0.29, 0.717) is 5.92 Å². The summed E-state index contributed by atoms with van der Waals surface area (Å²) in [7, 11) is 0. The molecule has 1 unspecified atom stereocenters. The molecule has 3 heteroatoms.